The minimum Gasteiger partial charge on any atom is -0.379 e. The lowest BCUT2D eigenvalue weighted by atomic mass is 9.80. The zero-order valence-electron chi connectivity index (χ0n) is 14.7. The van der Waals surface area contributed by atoms with Crippen LogP contribution in [0.5, 0.6) is 0 Å². The molecule has 0 saturated carbocycles. The summed E-state index contributed by atoms with van der Waals surface area (Å²) in [6.45, 7) is 6.84. The molecule has 25 heavy (non-hydrogen) atoms. The van der Waals surface area contributed by atoms with Crippen LogP contribution in [0.1, 0.15) is 18.4 Å². The third-order valence-electron chi connectivity index (χ3n) is 5.32. The molecule has 132 valence electrons. The van der Waals surface area contributed by atoms with E-state index in [1.165, 1.54) is 24.1 Å². The molecule has 0 aliphatic carbocycles. The topological polar surface area (TPSA) is 41.5 Å². The molecule has 4 rings (SSSR count). The van der Waals surface area contributed by atoms with Gasteiger partial charge in [0.05, 0.1) is 25.1 Å². The summed E-state index contributed by atoms with van der Waals surface area (Å²) < 4.78 is 6.04. The maximum absolute atomic E-state index is 6.04. The van der Waals surface area contributed by atoms with Crippen molar-refractivity contribution in [3.63, 3.8) is 0 Å². The number of ether oxygens (including phenoxy) is 1. The van der Waals surface area contributed by atoms with Gasteiger partial charge >= 0.3 is 0 Å². The van der Waals surface area contributed by atoms with Gasteiger partial charge in [-0.2, -0.15) is 0 Å². The Balaban J connectivity index is 1.49. The van der Waals surface area contributed by atoms with Crippen molar-refractivity contribution in [3.8, 4) is 0 Å². The van der Waals surface area contributed by atoms with E-state index in [0.29, 0.717) is 0 Å². The molecule has 1 atom stereocenters. The van der Waals surface area contributed by atoms with E-state index in [4.69, 9.17) is 4.74 Å². The van der Waals surface area contributed by atoms with Gasteiger partial charge in [-0.05, 0) is 43.1 Å². The Bertz CT molecular complexity index is 666. The van der Waals surface area contributed by atoms with Crippen molar-refractivity contribution in [3.05, 3.63) is 54.6 Å². The van der Waals surface area contributed by atoms with Crippen LogP contribution in [0, 0.1) is 5.41 Å². The quantitative estimate of drug-likeness (QED) is 0.860. The van der Waals surface area contributed by atoms with Crippen molar-refractivity contribution in [1.29, 1.82) is 0 Å². The van der Waals surface area contributed by atoms with Gasteiger partial charge in [0.1, 0.15) is 0 Å². The third kappa shape index (κ3) is 3.99. The van der Waals surface area contributed by atoms with Crippen LogP contribution in [0.4, 0.5) is 5.69 Å². The second-order valence-electron chi connectivity index (χ2n) is 7.36. The molecule has 2 aliphatic heterocycles. The van der Waals surface area contributed by atoms with Gasteiger partial charge in [0.25, 0.3) is 0 Å². The molecule has 2 aromatic rings. The van der Waals surface area contributed by atoms with Crippen molar-refractivity contribution in [2.24, 2.45) is 5.41 Å². The number of anilines is 1. The molecular formula is C20H26N4O. The average molecular weight is 338 g/mol. The molecular weight excluding hydrogens is 312 g/mol. The minimum absolute atomic E-state index is 0.201. The van der Waals surface area contributed by atoms with Crippen LogP contribution in [0.3, 0.4) is 0 Å². The second kappa shape index (κ2) is 7.50. The van der Waals surface area contributed by atoms with Crippen molar-refractivity contribution in [2.75, 3.05) is 44.3 Å². The predicted molar refractivity (Wildman–Crippen MR) is 98.5 cm³/mol. The monoisotopic (exact) mass is 338 g/mol. The molecule has 0 unspecified atom stereocenters. The van der Waals surface area contributed by atoms with Crippen molar-refractivity contribution < 1.29 is 4.74 Å². The number of piperidine rings is 1. The normalized spacial score (nSPS) is 25.0. The van der Waals surface area contributed by atoms with Crippen molar-refractivity contribution >= 4 is 5.69 Å². The molecule has 5 nitrogen and oxygen atoms in total. The maximum Gasteiger partial charge on any atom is 0.0641 e. The predicted octanol–water partition coefficient (Wildman–Crippen LogP) is 2.60. The Kier molecular flexibility index (Phi) is 4.95. The zero-order chi connectivity index (χ0) is 17.0. The fourth-order valence-electron chi connectivity index (χ4n) is 4.20. The van der Waals surface area contributed by atoms with E-state index >= 15 is 0 Å². The summed E-state index contributed by atoms with van der Waals surface area (Å²) in [5, 5.41) is 0. The summed E-state index contributed by atoms with van der Waals surface area (Å²) in [6.07, 6.45) is 10.1. The highest BCUT2D eigenvalue weighted by Gasteiger charge is 2.39. The van der Waals surface area contributed by atoms with Gasteiger partial charge in [0.15, 0.2) is 0 Å². The fraction of sp³-hybridized carbons (Fsp3) is 0.500. The van der Waals surface area contributed by atoms with E-state index in [0.717, 1.165) is 45.9 Å². The van der Waals surface area contributed by atoms with E-state index in [2.05, 4.69) is 31.9 Å². The maximum atomic E-state index is 6.04. The number of nitrogens with zero attached hydrogens (tertiary/aromatic N) is 4. The first-order chi connectivity index (χ1) is 12.3. The Morgan fingerprint density at radius 3 is 2.72 bits per heavy atom. The van der Waals surface area contributed by atoms with E-state index in [1.807, 2.05) is 36.9 Å². The molecule has 4 heterocycles. The first kappa shape index (κ1) is 16.5. The highest BCUT2D eigenvalue weighted by Crippen LogP contribution is 2.34. The lowest BCUT2D eigenvalue weighted by Crippen LogP contribution is -2.50. The summed E-state index contributed by atoms with van der Waals surface area (Å²) in [6, 6.07) is 8.36. The number of rotatable bonds is 3. The van der Waals surface area contributed by atoms with Crippen LogP contribution in [-0.2, 0) is 11.3 Å². The van der Waals surface area contributed by atoms with Crippen molar-refractivity contribution in [1.82, 2.24) is 14.9 Å². The van der Waals surface area contributed by atoms with Gasteiger partial charge in [-0.25, -0.2) is 0 Å². The molecule has 0 amide bonds. The van der Waals surface area contributed by atoms with E-state index in [-0.39, 0.29) is 5.41 Å². The standard InChI is InChI=1S/C20H26N4O/c1-4-18(12-21-7-1)14-23-9-3-6-20(15-23)16-24(10-11-25-17-20)19-5-2-8-22-13-19/h1-2,4-5,7-8,12-13H,3,6,9-11,14-17H2/t20-/m0/s1. The van der Waals surface area contributed by atoms with E-state index in [1.54, 1.807) is 0 Å². The Morgan fingerprint density at radius 1 is 1.04 bits per heavy atom. The number of pyridine rings is 2. The molecule has 2 fully saturated rings. The lowest BCUT2D eigenvalue weighted by Gasteiger charge is -2.44. The molecule has 2 saturated heterocycles. The summed E-state index contributed by atoms with van der Waals surface area (Å²) in [7, 11) is 0. The molecule has 0 aromatic carbocycles. The van der Waals surface area contributed by atoms with Crippen LogP contribution in [-0.4, -0.2) is 54.3 Å². The molecule has 2 aromatic heterocycles. The van der Waals surface area contributed by atoms with Crippen molar-refractivity contribution in [2.45, 2.75) is 19.4 Å². The van der Waals surface area contributed by atoms with Crippen LogP contribution in [0.2, 0.25) is 0 Å². The lowest BCUT2D eigenvalue weighted by molar-refractivity contribution is 0.0106. The SMILES string of the molecule is c1cncc(CN2CCC[C@]3(COCCN(c4cccnc4)C3)C2)c1. The van der Waals surface area contributed by atoms with Gasteiger partial charge in [-0.15, -0.1) is 0 Å². The number of aromatic nitrogens is 2. The van der Waals surface area contributed by atoms with Crippen LogP contribution >= 0.6 is 0 Å². The molecule has 0 bridgehead atoms. The van der Waals surface area contributed by atoms with Gasteiger partial charge in [0, 0.05) is 50.2 Å². The highest BCUT2D eigenvalue weighted by atomic mass is 16.5. The first-order valence-corrected chi connectivity index (χ1v) is 9.17. The fourth-order valence-corrected chi connectivity index (χ4v) is 4.20. The zero-order valence-corrected chi connectivity index (χ0v) is 14.7. The highest BCUT2D eigenvalue weighted by molar-refractivity contribution is 5.44. The van der Waals surface area contributed by atoms with Gasteiger partial charge in [-0.1, -0.05) is 6.07 Å². The van der Waals surface area contributed by atoms with E-state index < -0.39 is 0 Å². The number of likely N-dealkylation sites (tertiary alicyclic amines) is 1. The number of hydrogen-bond acceptors (Lipinski definition) is 5. The first-order valence-electron chi connectivity index (χ1n) is 9.17. The summed E-state index contributed by atoms with van der Waals surface area (Å²) in [5.74, 6) is 0. The van der Waals surface area contributed by atoms with Crippen LogP contribution in [0.15, 0.2) is 49.1 Å². The van der Waals surface area contributed by atoms with Gasteiger partial charge < -0.3 is 9.64 Å². The molecule has 2 aliphatic rings. The minimum atomic E-state index is 0.201. The van der Waals surface area contributed by atoms with Crippen LogP contribution in [0.25, 0.3) is 0 Å². The van der Waals surface area contributed by atoms with Gasteiger partial charge in [0.2, 0.25) is 0 Å². The Hall–Kier alpha value is -1.98. The summed E-state index contributed by atoms with van der Waals surface area (Å²) in [5.41, 5.74) is 2.70. The Morgan fingerprint density at radius 2 is 1.92 bits per heavy atom. The third-order valence-corrected chi connectivity index (χ3v) is 5.32. The smallest absolute Gasteiger partial charge is 0.0641 e. The molecule has 0 radical (unpaired) electrons. The largest absolute Gasteiger partial charge is 0.379 e. The molecule has 5 heteroatoms. The summed E-state index contributed by atoms with van der Waals surface area (Å²) in [4.78, 5) is 13.6. The van der Waals surface area contributed by atoms with Crippen LogP contribution < -0.4 is 4.90 Å². The average Bonchev–Trinajstić information content (AvgIpc) is 2.86. The summed E-state index contributed by atoms with van der Waals surface area (Å²) >= 11 is 0. The second-order valence-corrected chi connectivity index (χ2v) is 7.36. The molecule has 0 N–H and O–H groups in total. The number of hydrogen-bond donors (Lipinski definition) is 0. The molecule has 1 spiro atoms. The Labute approximate surface area is 149 Å². The van der Waals surface area contributed by atoms with Gasteiger partial charge in [-0.3, -0.25) is 14.9 Å². The van der Waals surface area contributed by atoms with E-state index in [9.17, 15) is 0 Å².